The lowest BCUT2D eigenvalue weighted by atomic mass is 9.99. The van der Waals surface area contributed by atoms with Crippen molar-refractivity contribution in [1.82, 2.24) is 0 Å². The SMILES string of the molecule is COC(=O)C(C)CC(=O)c1cc(Br)cc(Br)c1N. The third-order valence-corrected chi connectivity index (χ3v) is 3.60. The molecule has 0 bridgehead atoms. The maximum Gasteiger partial charge on any atom is 0.308 e. The summed E-state index contributed by atoms with van der Waals surface area (Å²) >= 11 is 6.57. The molecule has 0 aromatic heterocycles. The third kappa shape index (κ3) is 3.55. The Morgan fingerprint density at radius 2 is 2.00 bits per heavy atom. The van der Waals surface area contributed by atoms with Crippen molar-refractivity contribution in [1.29, 1.82) is 0 Å². The number of benzene rings is 1. The van der Waals surface area contributed by atoms with E-state index in [0.29, 0.717) is 15.7 Å². The minimum atomic E-state index is -0.486. The first-order chi connectivity index (χ1) is 8.36. The quantitative estimate of drug-likeness (QED) is 0.496. The summed E-state index contributed by atoms with van der Waals surface area (Å²) in [5.74, 6) is -1.08. The second-order valence-corrected chi connectivity index (χ2v) is 5.67. The van der Waals surface area contributed by atoms with E-state index in [4.69, 9.17) is 5.73 Å². The normalized spacial score (nSPS) is 12.0. The van der Waals surface area contributed by atoms with Gasteiger partial charge in [-0.3, -0.25) is 9.59 Å². The summed E-state index contributed by atoms with van der Waals surface area (Å²) < 4.78 is 5.98. The molecule has 0 radical (unpaired) electrons. The molecule has 18 heavy (non-hydrogen) atoms. The van der Waals surface area contributed by atoms with E-state index in [2.05, 4.69) is 36.6 Å². The number of esters is 1. The number of nitrogens with two attached hydrogens (primary N) is 1. The van der Waals surface area contributed by atoms with Gasteiger partial charge in [-0.1, -0.05) is 22.9 Å². The lowest BCUT2D eigenvalue weighted by Crippen LogP contribution is -2.17. The van der Waals surface area contributed by atoms with Crippen molar-refractivity contribution >= 4 is 49.3 Å². The molecule has 1 aromatic rings. The molecule has 1 rings (SSSR count). The number of methoxy groups -OCH3 is 1. The molecule has 0 heterocycles. The van der Waals surface area contributed by atoms with Crippen LogP contribution in [-0.2, 0) is 9.53 Å². The molecule has 0 amide bonds. The fourth-order valence-electron chi connectivity index (χ4n) is 1.49. The Balaban J connectivity index is 2.95. The second kappa shape index (κ2) is 6.33. The summed E-state index contributed by atoms with van der Waals surface area (Å²) in [5.41, 5.74) is 6.60. The standard InChI is InChI=1S/C12H13Br2NO3/c1-6(12(17)18-2)3-10(16)8-4-7(13)5-9(14)11(8)15/h4-6H,3,15H2,1-2H3. The highest BCUT2D eigenvalue weighted by Crippen LogP contribution is 2.29. The molecule has 1 aromatic carbocycles. The summed E-state index contributed by atoms with van der Waals surface area (Å²) in [5, 5.41) is 0. The molecule has 0 saturated heterocycles. The van der Waals surface area contributed by atoms with E-state index in [9.17, 15) is 9.59 Å². The van der Waals surface area contributed by atoms with E-state index in [1.807, 2.05) is 0 Å². The summed E-state index contributed by atoms with van der Waals surface area (Å²) in [6.07, 6.45) is 0.0692. The molecule has 0 saturated carbocycles. The van der Waals surface area contributed by atoms with Gasteiger partial charge in [-0.05, 0) is 28.1 Å². The van der Waals surface area contributed by atoms with Crippen LogP contribution >= 0.6 is 31.9 Å². The van der Waals surface area contributed by atoms with Crippen LogP contribution in [0.4, 0.5) is 5.69 Å². The van der Waals surface area contributed by atoms with Crippen LogP contribution in [0.1, 0.15) is 23.7 Å². The van der Waals surface area contributed by atoms with Gasteiger partial charge in [0.05, 0.1) is 18.7 Å². The van der Waals surface area contributed by atoms with Crippen molar-refractivity contribution in [2.75, 3.05) is 12.8 Å². The van der Waals surface area contributed by atoms with Crippen LogP contribution in [0.5, 0.6) is 0 Å². The van der Waals surface area contributed by atoms with Crippen LogP contribution in [0.15, 0.2) is 21.1 Å². The number of anilines is 1. The van der Waals surface area contributed by atoms with Crippen molar-refractivity contribution in [3.05, 3.63) is 26.6 Å². The second-order valence-electron chi connectivity index (χ2n) is 3.90. The highest BCUT2D eigenvalue weighted by molar-refractivity contribution is 9.11. The van der Waals surface area contributed by atoms with Crippen molar-refractivity contribution in [2.24, 2.45) is 5.92 Å². The highest BCUT2D eigenvalue weighted by Gasteiger charge is 2.20. The first-order valence-corrected chi connectivity index (χ1v) is 6.81. The van der Waals surface area contributed by atoms with E-state index in [-0.39, 0.29) is 12.2 Å². The smallest absolute Gasteiger partial charge is 0.308 e. The van der Waals surface area contributed by atoms with Crippen LogP contribution in [0.3, 0.4) is 0 Å². The maximum atomic E-state index is 12.1. The Kier molecular flexibility index (Phi) is 5.34. The van der Waals surface area contributed by atoms with Gasteiger partial charge in [0.25, 0.3) is 0 Å². The van der Waals surface area contributed by atoms with Crippen LogP contribution in [0, 0.1) is 5.92 Å². The first-order valence-electron chi connectivity index (χ1n) is 5.22. The van der Waals surface area contributed by atoms with E-state index in [1.54, 1.807) is 19.1 Å². The van der Waals surface area contributed by atoms with Crippen molar-refractivity contribution in [2.45, 2.75) is 13.3 Å². The van der Waals surface area contributed by atoms with Gasteiger partial charge in [-0.25, -0.2) is 0 Å². The van der Waals surface area contributed by atoms with Gasteiger partial charge >= 0.3 is 5.97 Å². The highest BCUT2D eigenvalue weighted by atomic mass is 79.9. The number of ether oxygens (including phenoxy) is 1. The summed E-state index contributed by atoms with van der Waals surface area (Å²) in [4.78, 5) is 23.3. The molecule has 0 aliphatic rings. The lowest BCUT2D eigenvalue weighted by Gasteiger charge is -2.11. The van der Waals surface area contributed by atoms with E-state index in [0.717, 1.165) is 4.47 Å². The summed E-state index contributed by atoms with van der Waals surface area (Å²) in [6, 6.07) is 3.41. The molecular formula is C12H13Br2NO3. The van der Waals surface area contributed by atoms with E-state index in [1.165, 1.54) is 7.11 Å². The van der Waals surface area contributed by atoms with Crippen molar-refractivity contribution < 1.29 is 14.3 Å². The van der Waals surface area contributed by atoms with Gasteiger partial charge in [-0.15, -0.1) is 0 Å². The molecule has 98 valence electrons. The number of halogens is 2. The van der Waals surface area contributed by atoms with E-state index >= 15 is 0 Å². The fourth-order valence-corrected chi connectivity index (χ4v) is 2.71. The van der Waals surface area contributed by atoms with Gasteiger partial charge in [0.2, 0.25) is 0 Å². The van der Waals surface area contributed by atoms with E-state index < -0.39 is 11.9 Å². The van der Waals surface area contributed by atoms with Crippen molar-refractivity contribution in [3.8, 4) is 0 Å². The topological polar surface area (TPSA) is 69.4 Å². The zero-order valence-electron chi connectivity index (χ0n) is 10.00. The van der Waals surface area contributed by atoms with Crippen molar-refractivity contribution in [3.63, 3.8) is 0 Å². The number of nitrogen functional groups attached to an aromatic ring is 1. The molecular weight excluding hydrogens is 366 g/mol. The molecule has 1 atom stereocenters. The van der Waals surface area contributed by atoms with Gasteiger partial charge in [0.15, 0.2) is 5.78 Å². The molecule has 6 heteroatoms. The Morgan fingerprint density at radius 3 is 2.56 bits per heavy atom. The molecule has 0 spiro atoms. The molecule has 0 aliphatic carbocycles. The Hall–Kier alpha value is -0.880. The number of carbonyl (C=O) groups is 2. The third-order valence-electron chi connectivity index (χ3n) is 2.49. The largest absolute Gasteiger partial charge is 0.469 e. The molecule has 1 unspecified atom stereocenters. The maximum absolute atomic E-state index is 12.1. The average molecular weight is 379 g/mol. The Morgan fingerprint density at radius 1 is 1.39 bits per heavy atom. The molecule has 4 nitrogen and oxygen atoms in total. The average Bonchev–Trinajstić information content (AvgIpc) is 2.32. The summed E-state index contributed by atoms with van der Waals surface area (Å²) in [6.45, 7) is 1.65. The van der Waals surface area contributed by atoms with Crippen LogP contribution in [-0.4, -0.2) is 18.9 Å². The Bertz CT molecular complexity index is 488. The number of ketones is 1. The van der Waals surface area contributed by atoms with Crippen LogP contribution in [0.25, 0.3) is 0 Å². The van der Waals surface area contributed by atoms with Gasteiger partial charge in [0, 0.05) is 20.9 Å². The van der Waals surface area contributed by atoms with Gasteiger partial charge < -0.3 is 10.5 Å². The predicted octanol–water partition coefficient (Wildman–Crippen LogP) is 3.18. The first kappa shape index (κ1) is 15.2. The molecule has 0 fully saturated rings. The number of hydrogen-bond acceptors (Lipinski definition) is 4. The zero-order valence-corrected chi connectivity index (χ0v) is 13.2. The van der Waals surface area contributed by atoms with Gasteiger partial charge in [0.1, 0.15) is 0 Å². The molecule has 2 N–H and O–H groups in total. The predicted molar refractivity (Wildman–Crippen MR) is 76.4 cm³/mol. The van der Waals surface area contributed by atoms with Gasteiger partial charge in [-0.2, -0.15) is 0 Å². The summed E-state index contributed by atoms with van der Waals surface area (Å²) in [7, 11) is 1.30. The monoisotopic (exact) mass is 377 g/mol. The van der Waals surface area contributed by atoms with Crippen LogP contribution < -0.4 is 5.73 Å². The number of carbonyl (C=O) groups excluding carboxylic acids is 2. The minimum Gasteiger partial charge on any atom is -0.469 e. The lowest BCUT2D eigenvalue weighted by molar-refractivity contribution is -0.144. The fraction of sp³-hybridized carbons (Fsp3) is 0.333. The minimum absolute atomic E-state index is 0.0692. The Labute approximate surface area is 122 Å². The van der Waals surface area contributed by atoms with Crippen LogP contribution in [0.2, 0.25) is 0 Å². The molecule has 0 aliphatic heterocycles. The zero-order chi connectivity index (χ0) is 13.9. The number of Topliss-reactive ketones (excluding diaryl/α,β-unsaturated/α-hetero) is 1. The number of hydrogen-bond donors (Lipinski definition) is 1. The number of rotatable bonds is 4.